The van der Waals surface area contributed by atoms with Crippen molar-refractivity contribution in [1.29, 1.82) is 0 Å². The van der Waals surface area contributed by atoms with E-state index in [9.17, 15) is 22.0 Å². The first kappa shape index (κ1) is 18.4. The van der Waals surface area contributed by atoms with E-state index in [4.69, 9.17) is 0 Å². The fourth-order valence-electron chi connectivity index (χ4n) is 2.70. The van der Waals surface area contributed by atoms with Crippen LogP contribution in [0.15, 0.2) is 47.5 Å². The Hall–Kier alpha value is -2.39. The van der Waals surface area contributed by atoms with E-state index in [1.165, 1.54) is 46.9 Å². The van der Waals surface area contributed by atoms with Gasteiger partial charge in [-0.1, -0.05) is 6.07 Å². The number of aromatic nitrogens is 1. The van der Waals surface area contributed by atoms with Crippen molar-refractivity contribution >= 4 is 21.6 Å². The van der Waals surface area contributed by atoms with Crippen LogP contribution in [0.1, 0.15) is 23.2 Å². The highest BCUT2D eigenvalue weighted by Crippen LogP contribution is 2.24. The number of piperidine rings is 1. The molecule has 3 rings (SSSR count). The summed E-state index contributed by atoms with van der Waals surface area (Å²) in [6.45, 7) is 0.224. The second-order valence-electron chi connectivity index (χ2n) is 5.90. The molecule has 0 saturated carbocycles. The second kappa shape index (κ2) is 7.46. The van der Waals surface area contributed by atoms with Crippen LogP contribution < -0.4 is 5.32 Å². The van der Waals surface area contributed by atoms with Crippen LogP contribution in [-0.2, 0) is 10.0 Å². The standard InChI is InChI=1S/C17H17F2N3O3S/c18-12-6-9-22(10-7-12)26(24,25)14-4-1-3-13(11-14)21-17(23)15-5-2-8-20-16(15)19/h1-5,8,11-12H,6-7,9-10H2,(H,21,23). The zero-order chi connectivity index (χ0) is 18.7. The molecule has 6 nitrogen and oxygen atoms in total. The summed E-state index contributed by atoms with van der Waals surface area (Å²) >= 11 is 0. The average molecular weight is 381 g/mol. The van der Waals surface area contributed by atoms with Crippen molar-refractivity contribution in [2.75, 3.05) is 18.4 Å². The third-order valence-electron chi connectivity index (χ3n) is 4.12. The highest BCUT2D eigenvalue weighted by Gasteiger charge is 2.29. The number of sulfonamides is 1. The Morgan fingerprint density at radius 2 is 1.92 bits per heavy atom. The van der Waals surface area contributed by atoms with E-state index >= 15 is 0 Å². The Kier molecular flexibility index (Phi) is 5.28. The summed E-state index contributed by atoms with van der Waals surface area (Å²) in [5.74, 6) is -1.65. The maximum atomic E-state index is 13.6. The van der Waals surface area contributed by atoms with Crippen molar-refractivity contribution in [3.8, 4) is 0 Å². The first-order valence-electron chi connectivity index (χ1n) is 8.04. The number of amides is 1. The molecule has 0 radical (unpaired) electrons. The van der Waals surface area contributed by atoms with Crippen molar-refractivity contribution in [2.24, 2.45) is 0 Å². The Bertz CT molecular complexity index is 913. The van der Waals surface area contributed by atoms with Gasteiger partial charge in [-0.05, 0) is 43.2 Å². The molecule has 0 unspecified atom stereocenters. The van der Waals surface area contributed by atoms with Gasteiger partial charge in [0.15, 0.2) is 0 Å². The normalized spacial score (nSPS) is 16.4. The first-order chi connectivity index (χ1) is 12.4. The Morgan fingerprint density at radius 3 is 2.62 bits per heavy atom. The topological polar surface area (TPSA) is 79.4 Å². The summed E-state index contributed by atoms with van der Waals surface area (Å²) in [6, 6.07) is 8.37. The molecular formula is C17H17F2N3O3S. The molecule has 1 aromatic carbocycles. The number of hydrogen-bond acceptors (Lipinski definition) is 4. The van der Waals surface area contributed by atoms with Crippen LogP contribution in [0, 0.1) is 5.95 Å². The number of anilines is 1. The fraction of sp³-hybridized carbons (Fsp3) is 0.294. The molecule has 1 aliphatic rings. The third-order valence-corrected chi connectivity index (χ3v) is 6.01. The van der Waals surface area contributed by atoms with Crippen molar-refractivity contribution in [2.45, 2.75) is 23.9 Å². The number of rotatable bonds is 4. The van der Waals surface area contributed by atoms with Gasteiger partial charge in [-0.25, -0.2) is 17.8 Å². The third kappa shape index (κ3) is 3.88. The van der Waals surface area contributed by atoms with Crippen LogP contribution in [0.4, 0.5) is 14.5 Å². The van der Waals surface area contributed by atoms with Crippen molar-refractivity contribution in [1.82, 2.24) is 9.29 Å². The van der Waals surface area contributed by atoms with Crippen LogP contribution in [0.25, 0.3) is 0 Å². The minimum Gasteiger partial charge on any atom is -0.322 e. The lowest BCUT2D eigenvalue weighted by atomic mass is 10.1. The number of pyridine rings is 1. The van der Waals surface area contributed by atoms with Gasteiger partial charge in [0.2, 0.25) is 16.0 Å². The zero-order valence-electron chi connectivity index (χ0n) is 13.7. The number of alkyl halides is 1. The number of carbonyl (C=O) groups is 1. The molecule has 1 amide bonds. The molecule has 2 aromatic rings. The Labute approximate surface area is 149 Å². The van der Waals surface area contributed by atoms with Gasteiger partial charge in [0.25, 0.3) is 5.91 Å². The Balaban J connectivity index is 1.80. The molecule has 26 heavy (non-hydrogen) atoms. The van der Waals surface area contributed by atoms with Crippen LogP contribution in [0.5, 0.6) is 0 Å². The van der Waals surface area contributed by atoms with Crippen LogP contribution in [0.3, 0.4) is 0 Å². The highest BCUT2D eigenvalue weighted by atomic mass is 32.2. The van der Waals surface area contributed by atoms with E-state index in [0.717, 1.165) is 0 Å². The Morgan fingerprint density at radius 1 is 1.19 bits per heavy atom. The second-order valence-corrected chi connectivity index (χ2v) is 7.84. The van der Waals surface area contributed by atoms with Crippen LogP contribution in [-0.4, -0.2) is 42.9 Å². The van der Waals surface area contributed by atoms with Gasteiger partial charge >= 0.3 is 0 Å². The number of nitrogens with one attached hydrogen (secondary N) is 1. The van der Waals surface area contributed by atoms with Crippen molar-refractivity contribution in [3.63, 3.8) is 0 Å². The molecule has 1 N–H and O–H groups in total. The molecule has 0 atom stereocenters. The number of carbonyl (C=O) groups excluding carboxylic acids is 1. The molecule has 0 aliphatic carbocycles. The van der Waals surface area contributed by atoms with Gasteiger partial charge in [0.1, 0.15) is 6.17 Å². The number of benzene rings is 1. The van der Waals surface area contributed by atoms with Crippen molar-refractivity contribution < 1.29 is 22.0 Å². The summed E-state index contributed by atoms with van der Waals surface area (Å²) in [5, 5.41) is 2.46. The lowest BCUT2D eigenvalue weighted by Crippen LogP contribution is -2.39. The van der Waals surface area contributed by atoms with Crippen molar-refractivity contribution in [3.05, 3.63) is 54.1 Å². The van der Waals surface area contributed by atoms with Gasteiger partial charge in [-0.15, -0.1) is 0 Å². The maximum absolute atomic E-state index is 13.6. The molecule has 1 aliphatic heterocycles. The minimum absolute atomic E-state index is 0.0146. The molecule has 138 valence electrons. The largest absolute Gasteiger partial charge is 0.322 e. The molecule has 1 aromatic heterocycles. The van der Waals surface area contributed by atoms with E-state index in [1.54, 1.807) is 0 Å². The molecule has 9 heteroatoms. The predicted molar refractivity (Wildman–Crippen MR) is 91.5 cm³/mol. The summed E-state index contributed by atoms with van der Waals surface area (Å²) in [5.41, 5.74) is -0.0366. The monoisotopic (exact) mass is 381 g/mol. The predicted octanol–water partition coefficient (Wildman–Crippen LogP) is 2.60. The maximum Gasteiger partial charge on any atom is 0.260 e. The summed E-state index contributed by atoms with van der Waals surface area (Å²) in [6.07, 6.45) is 0.563. The molecular weight excluding hydrogens is 364 g/mol. The van der Waals surface area contributed by atoms with E-state index < -0.39 is 28.0 Å². The quantitative estimate of drug-likeness (QED) is 0.826. The smallest absolute Gasteiger partial charge is 0.260 e. The average Bonchev–Trinajstić information content (AvgIpc) is 2.62. The lowest BCUT2D eigenvalue weighted by molar-refractivity contribution is 0.102. The van der Waals surface area contributed by atoms with E-state index in [0.29, 0.717) is 0 Å². The lowest BCUT2D eigenvalue weighted by Gasteiger charge is -2.27. The van der Waals surface area contributed by atoms with Gasteiger partial charge in [0.05, 0.1) is 10.5 Å². The van der Waals surface area contributed by atoms with Gasteiger partial charge in [-0.3, -0.25) is 4.79 Å². The molecule has 2 heterocycles. The van der Waals surface area contributed by atoms with Crippen LogP contribution in [0.2, 0.25) is 0 Å². The van der Waals surface area contributed by atoms with Gasteiger partial charge in [0, 0.05) is 25.0 Å². The number of nitrogens with zero attached hydrogens (tertiary/aromatic N) is 2. The summed E-state index contributed by atoms with van der Waals surface area (Å²) < 4.78 is 53.4. The first-order valence-corrected chi connectivity index (χ1v) is 9.48. The highest BCUT2D eigenvalue weighted by molar-refractivity contribution is 7.89. The fourth-order valence-corrected chi connectivity index (χ4v) is 4.22. The molecule has 0 bridgehead atoms. The number of hydrogen-bond donors (Lipinski definition) is 1. The van der Waals surface area contributed by atoms with Gasteiger partial charge in [-0.2, -0.15) is 8.70 Å². The minimum atomic E-state index is -3.79. The van der Waals surface area contributed by atoms with E-state index in [1.807, 2.05) is 0 Å². The SMILES string of the molecule is O=C(Nc1cccc(S(=O)(=O)N2CCC(F)CC2)c1)c1cccnc1F. The number of halogens is 2. The van der Waals surface area contributed by atoms with E-state index in [-0.39, 0.29) is 42.1 Å². The molecule has 1 saturated heterocycles. The summed E-state index contributed by atoms with van der Waals surface area (Å²) in [4.78, 5) is 15.5. The molecule has 1 fully saturated rings. The summed E-state index contributed by atoms with van der Waals surface area (Å²) in [7, 11) is -3.79. The van der Waals surface area contributed by atoms with Gasteiger partial charge < -0.3 is 5.32 Å². The van der Waals surface area contributed by atoms with Crippen LogP contribution >= 0.6 is 0 Å². The zero-order valence-corrected chi connectivity index (χ0v) is 14.5. The van der Waals surface area contributed by atoms with E-state index in [2.05, 4.69) is 10.3 Å². The molecule has 0 spiro atoms.